The number of hydrogen-bond donors (Lipinski definition) is 0. The highest BCUT2D eigenvalue weighted by atomic mass is 35.5. The minimum Gasteiger partial charge on any atom is -0.383 e. The van der Waals surface area contributed by atoms with E-state index in [4.69, 9.17) is 16.3 Å². The second-order valence-electron chi connectivity index (χ2n) is 6.92. The molecule has 2 fully saturated rings. The van der Waals surface area contributed by atoms with Crippen LogP contribution in [0, 0.1) is 5.41 Å². The maximum Gasteiger partial charge on any atom is 0.0589 e. The molecule has 22 heavy (non-hydrogen) atoms. The maximum atomic E-state index is 6.31. The summed E-state index contributed by atoms with van der Waals surface area (Å²) in [6, 6.07) is 8.24. The molecular weight excluding hydrogens is 296 g/mol. The Balaban J connectivity index is 1.58. The molecule has 4 heteroatoms. The third kappa shape index (κ3) is 3.83. The first kappa shape index (κ1) is 16.3. The second-order valence-corrected chi connectivity index (χ2v) is 7.33. The van der Waals surface area contributed by atoms with Crippen LogP contribution < -0.4 is 0 Å². The average molecular weight is 323 g/mol. The quantitative estimate of drug-likeness (QED) is 0.827. The number of likely N-dealkylation sites (tertiary alicyclic amines) is 2. The van der Waals surface area contributed by atoms with Crippen LogP contribution in [0.5, 0.6) is 0 Å². The molecular formula is C18H27ClN2O. The molecule has 1 unspecified atom stereocenters. The van der Waals surface area contributed by atoms with E-state index in [9.17, 15) is 0 Å². The molecule has 2 saturated heterocycles. The monoisotopic (exact) mass is 322 g/mol. The van der Waals surface area contributed by atoms with Gasteiger partial charge in [-0.15, -0.1) is 0 Å². The molecule has 2 heterocycles. The number of benzene rings is 1. The summed E-state index contributed by atoms with van der Waals surface area (Å²) in [6.45, 7) is 7.78. The third-order valence-corrected chi connectivity index (χ3v) is 5.59. The van der Waals surface area contributed by atoms with Gasteiger partial charge in [0.1, 0.15) is 0 Å². The predicted molar refractivity (Wildman–Crippen MR) is 91.3 cm³/mol. The van der Waals surface area contributed by atoms with Crippen molar-refractivity contribution in [3.63, 3.8) is 0 Å². The van der Waals surface area contributed by atoms with Gasteiger partial charge in [-0.25, -0.2) is 0 Å². The number of ether oxygens (including phenoxy) is 1. The summed E-state index contributed by atoms with van der Waals surface area (Å²) >= 11 is 6.31. The SMILES string of the molecule is COCCN1CCCC2(CCN(Cc3ccccc3Cl)C2)C1. The standard InChI is InChI=1S/C18H27ClN2O/c1-22-12-11-20-9-4-7-18(14-20)8-10-21(15-18)13-16-5-2-3-6-17(16)19/h2-3,5-6H,4,7-15H2,1H3. The van der Waals surface area contributed by atoms with Crippen molar-refractivity contribution in [2.24, 2.45) is 5.41 Å². The molecule has 0 amide bonds. The topological polar surface area (TPSA) is 15.7 Å². The molecule has 1 aromatic carbocycles. The van der Waals surface area contributed by atoms with E-state index in [1.807, 2.05) is 12.1 Å². The van der Waals surface area contributed by atoms with E-state index >= 15 is 0 Å². The van der Waals surface area contributed by atoms with Crippen molar-refractivity contribution in [3.8, 4) is 0 Å². The van der Waals surface area contributed by atoms with Gasteiger partial charge in [0.05, 0.1) is 6.61 Å². The largest absolute Gasteiger partial charge is 0.383 e. The first-order valence-corrected chi connectivity index (χ1v) is 8.76. The Morgan fingerprint density at radius 1 is 1.14 bits per heavy atom. The molecule has 0 aromatic heterocycles. The van der Waals surface area contributed by atoms with Crippen LogP contribution in [0.2, 0.25) is 5.02 Å². The van der Waals surface area contributed by atoms with E-state index in [2.05, 4.69) is 21.9 Å². The Kier molecular flexibility index (Phi) is 5.40. The molecule has 0 saturated carbocycles. The summed E-state index contributed by atoms with van der Waals surface area (Å²) in [5.74, 6) is 0. The fourth-order valence-electron chi connectivity index (χ4n) is 4.08. The molecule has 3 nitrogen and oxygen atoms in total. The van der Waals surface area contributed by atoms with E-state index < -0.39 is 0 Å². The number of hydrogen-bond acceptors (Lipinski definition) is 3. The fourth-order valence-corrected chi connectivity index (χ4v) is 4.28. The van der Waals surface area contributed by atoms with Crippen molar-refractivity contribution in [3.05, 3.63) is 34.9 Å². The highest BCUT2D eigenvalue weighted by molar-refractivity contribution is 6.31. The summed E-state index contributed by atoms with van der Waals surface area (Å²) in [4.78, 5) is 5.17. The molecule has 2 aliphatic heterocycles. The smallest absolute Gasteiger partial charge is 0.0589 e. The van der Waals surface area contributed by atoms with Crippen LogP contribution in [-0.4, -0.2) is 56.2 Å². The normalized spacial score (nSPS) is 26.8. The van der Waals surface area contributed by atoms with Crippen LogP contribution in [0.4, 0.5) is 0 Å². The molecule has 1 spiro atoms. The summed E-state index contributed by atoms with van der Waals surface area (Å²) < 4.78 is 5.24. The van der Waals surface area contributed by atoms with Crippen LogP contribution in [0.15, 0.2) is 24.3 Å². The van der Waals surface area contributed by atoms with Crippen molar-refractivity contribution in [1.82, 2.24) is 9.80 Å². The zero-order valence-corrected chi connectivity index (χ0v) is 14.3. The Labute approximate surface area is 139 Å². The lowest BCUT2D eigenvalue weighted by Gasteiger charge is -2.40. The average Bonchev–Trinajstić information content (AvgIpc) is 2.90. The molecule has 0 N–H and O–H groups in total. The van der Waals surface area contributed by atoms with E-state index in [1.165, 1.54) is 51.0 Å². The van der Waals surface area contributed by atoms with Crippen LogP contribution >= 0.6 is 11.6 Å². The summed E-state index contributed by atoms with van der Waals surface area (Å²) in [5, 5.41) is 0.897. The molecule has 1 aromatic rings. The summed E-state index contributed by atoms with van der Waals surface area (Å²) in [7, 11) is 1.79. The third-order valence-electron chi connectivity index (χ3n) is 5.22. The van der Waals surface area contributed by atoms with Gasteiger partial charge in [-0.2, -0.15) is 0 Å². The first-order chi connectivity index (χ1) is 10.7. The maximum absolute atomic E-state index is 6.31. The number of piperidine rings is 1. The van der Waals surface area contributed by atoms with Gasteiger partial charge in [0.25, 0.3) is 0 Å². The molecule has 0 radical (unpaired) electrons. The molecule has 3 rings (SSSR count). The van der Waals surface area contributed by atoms with Crippen LogP contribution in [-0.2, 0) is 11.3 Å². The van der Waals surface area contributed by atoms with Crippen molar-refractivity contribution >= 4 is 11.6 Å². The van der Waals surface area contributed by atoms with Crippen molar-refractivity contribution < 1.29 is 4.74 Å². The Hall–Kier alpha value is -0.610. The molecule has 2 aliphatic rings. The zero-order chi connectivity index (χ0) is 15.4. The van der Waals surface area contributed by atoms with Gasteiger partial charge in [-0.1, -0.05) is 29.8 Å². The van der Waals surface area contributed by atoms with Gasteiger partial charge < -0.3 is 9.64 Å². The molecule has 122 valence electrons. The van der Waals surface area contributed by atoms with Gasteiger partial charge in [0.15, 0.2) is 0 Å². The van der Waals surface area contributed by atoms with Gasteiger partial charge in [0, 0.05) is 38.3 Å². The summed E-state index contributed by atoms with van der Waals surface area (Å²) in [6.07, 6.45) is 4.01. The van der Waals surface area contributed by atoms with Crippen LogP contribution in [0.3, 0.4) is 0 Å². The predicted octanol–water partition coefficient (Wildman–Crippen LogP) is 3.27. The Morgan fingerprint density at radius 3 is 2.77 bits per heavy atom. The number of rotatable bonds is 5. The number of nitrogens with zero attached hydrogens (tertiary/aromatic N) is 2. The highest BCUT2D eigenvalue weighted by Gasteiger charge is 2.41. The van der Waals surface area contributed by atoms with Gasteiger partial charge in [0.2, 0.25) is 0 Å². The molecule has 0 bridgehead atoms. The summed E-state index contributed by atoms with van der Waals surface area (Å²) in [5.41, 5.74) is 1.75. The lowest BCUT2D eigenvalue weighted by atomic mass is 9.79. The zero-order valence-electron chi connectivity index (χ0n) is 13.6. The minimum absolute atomic E-state index is 0.493. The fraction of sp³-hybridized carbons (Fsp3) is 0.667. The van der Waals surface area contributed by atoms with E-state index in [-0.39, 0.29) is 0 Å². The molecule has 1 atom stereocenters. The van der Waals surface area contributed by atoms with Gasteiger partial charge in [-0.05, 0) is 49.4 Å². The van der Waals surface area contributed by atoms with Gasteiger partial charge >= 0.3 is 0 Å². The van der Waals surface area contributed by atoms with Crippen molar-refractivity contribution in [2.45, 2.75) is 25.8 Å². The van der Waals surface area contributed by atoms with Gasteiger partial charge in [-0.3, -0.25) is 4.90 Å². The van der Waals surface area contributed by atoms with Crippen LogP contribution in [0.25, 0.3) is 0 Å². The van der Waals surface area contributed by atoms with Crippen LogP contribution in [0.1, 0.15) is 24.8 Å². The lowest BCUT2D eigenvalue weighted by molar-refractivity contribution is 0.0673. The molecule has 0 aliphatic carbocycles. The lowest BCUT2D eigenvalue weighted by Crippen LogP contribution is -2.45. The number of halogens is 1. The second kappa shape index (κ2) is 7.31. The highest BCUT2D eigenvalue weighted by Crippen LogP contribution is 2.39. The first-order valence-electron chi connectivity index (χ1n) is 8.38. The minimum atomic E-state index is 0.493. The number of methoxy groups -OCH3 is 1. The van der Waals surface area contributed by atoms with Crippen molar-refractivity contribution in [2.75, 3.05) is 46.4 Å². The van der Waals surface area contributed by atoms with E-state index in [1.54, 1.807) is 7.11 Å². The van der Waals surface area contributed by atoms with Crippen molar-refractivity contribution in [1.29, 1.82) is 0 Å². The Bertz CT molecular complexity index is 496. The van der Waals surface area contributed by atoms with E-state index in [0.717, 1.165) is 24.7 Å². The van der Waals surface area contributed by atoms with E-state index in [0.29, 0.717) is 5.41 Å². The Morgan fingerprint density at radius 2 is 1.95 bits per heavy atom.